The van der Waals surface area contributed by atoms with Crippen LogP contribution in [0.25, 0.3) is 11.3 Å². The molecule has 1 aliphatic heterocycles. The lowest BCUT2D eigenvalue weighted by atomic mass is 10.1. The Morgan fingerprint density at radius 2 is 1.65 bits per heavy atom. The molecular weight excluding hydrogens is 292 g/mol. The zero-order chi connectivity index (χ0) is 16.2. The van der Waals surface area contributed by atoms with E-state index in [9.17, 15) is 9.59 Å². The van der Waals surface area contributed by atoms with E-state index in [1.165, 1.54) is 12.5 Å². The number of carbonyl (C=O) groups is 2. The Morgan fingerprint density at radius 3 is 2.30 bits per heavy atom. The van der Waals surface area contributed by atoms with Crippen molar-refractivity contribution in [2.24, 2.45) is 0 Å². The highest BCUT2D eigenvalue weighted by atomic mass is 16.4. The number of hydrogen-bond acceptors (Lipinski definition) is 3. The lowest BCUT2D eigenvalue weighted by Crippen LogP contribution is -2.35. The Kier molecular flexibility index (Phi) is 4.37. The first-order valence-electron chi connectivity index (χ1n) is 7.75. The Hall–Kier alpha value is -2.69. The predicted octanol–water partition coefficient (Wildman–Crippen LogP) is 3.07. The van der Waals surface area contributed by atoms with Crippen LogP contribution in [0.15, 0.2) is 42.5 Å². The molecule has 5 heteroatoms. The first kappa shape index (κ1) is 15.2. The average molecular weight is 310 g/mol. The molecule has 1 aromatic heterocycles. The van der Waals surface area contributed by atoms with Gasteiger partial charge in [0.05, 0.1) is 5.69 Å². The topological polar surface area (TPSA) is 70.5 Å². The molecule has 1 fully saturated rings. The second-order valence-electron chi connectivity index (χ2n) is 5.64. The third-order valence-corrected chi connectivity index (χ3v) is 4.04. The summed E-state index contributed by atoms with van der Waals surface area (Å²) in [6.07, 6.45) is 3.32. The zero-order valence-electron chi connectivity index (χ0n) is 12.7. The van der Waals surface area contributed by atoms with E-state index < -0.39 is 5.97 Å². The van der Waals surface area contributed by atoms with Crippen LogP contribution in [0.2, 0.25) is 0 Å². The van der Waals surface area contributed by atoms with Crippen LogP contribution in [-0.4, -0.2) is 40.0 Å². The number of rotatable bonds is 3. The smallest absolute Gasteiger partial charge is 0.354 e. The monoisotopic (exact) mass is 310 g/mol. The lowest BCUT2D eigenvalue weighted by molar-refractivity contribution is 0.0688. The SMILES string of the molecule is O=C(O)c1cccc(-c2ccc(C(=O)N3CCCCC3)cc2)n1. The number of aromatic carboxylic acids is 1. The Morgan fingerprint density at radius 1 is 0.957 bits per heavy atom. The molecule has 0 spiro atoms. The molecule has 1 N–H and O–H groups in total. The van der Waals surface area contributed by atoms with Gasteiger partial charge in [-0.05, 0) is 43.5 Å². The molecule has 2 heterocycles. The number of benzene rings is 1. The standard InChI is InChI=1S/C18H18N2O3/c21-17(20-11-2-1-3-12-20)14-9-7-13(8-10-14)15-5-4-6-16(19-15)18(22)23/h4-10H,1-3,11-12H2,(H,22,23). The van der Waals surface area contributed by atoms with Gasteiger partial charge in [0.1, 0.15) is 5.69 Å². The van der Waals surface area contributed by atoms with Crippen molar-refractivity contribution in [1.82, 2.24) is 9.88 Å². The first-order valence-corrected chi connectivity index (χ1v) is 7.75. The summed E-state index contributed by atoms with van der Waals surface area (Å²) in [6, 6.07) is 12.1. The first-order chi connectivity index (χ1) is 11.1. The molecule has 0 aliphatic carbocycles. The molecule has 5 nitrogen and oxygen atoms in total. The number of hydrogen-bond donors (Lipinski definition) is 1. The van der Waals surface area contributed by atoms with E-state index in [0.717, 1.165) is 31.5 Å². The van der Waals surface area contributed by atoms with Crippen LogP contribution in [0, 0.1) is 0 Å². The minimum absolute atomic E-state index is 0.0102. The van der Waals surface area contributed by atoms with Gasteiger partial charge in [0, 0.05) is 24.2 Å². The summed E-state index contributed by atoms with van der Waals surface area (Å²) in [6.45, 7) is 1.64. The maximum Gasteiger partial charge on any atom is 0.354 e. The van der Waals surface area contributed by atoms with E-state index in [1.807, 2.05) is 17.0 Å². The molecule has 1 saturated heterocycles. The normalized spacial score (nSPS) is 14.5. The van der Waals surface area contributed by atoms with Gasteiger partial charge in [-0.1, -0.05) is 18.2 Å². The maximum atomic E-state index is 12.4. The van der Waals surface area contributed by atoms with Gasteiger partial charge >= 0.3 is 5.97 Å². The number of nitrogens with zero attached hydrogens (tertiary/aromatic N) is 2. The third kappa shape index (κ3) is 3.39. The second kappa shape index (κ2) is 6.60. The molecule has 1 amide bonds. The fraction of sp³-hybridized carbons (Fsp3) is 0.278. The van der Waals surface area contributed by atoms with Crippen LogP contribution in [-0.2, 0) is 0 Å². The number of likely N-dealkylation sites (tertiary alicyclic amines) is 1. The van der Waals surface area contributed by atoms with E-state index in [1.54, 1.807) is 24.3 Å². The highest BCUT2D eigenvalue weighted by molar-refractivity contribution is 5.94. The van der Waals surface area contributed by atoms with E-state index in [0.29, 0.717) is 11.3 Å². The van der Waals surface area contributed by atoms with Crippen molar-refractivity contribution in [1.29, 1.82) is 0 Å². The summed E-state index contributed by atoms with van der Waals surface area (Å²) in [4.78, 5) is 29.4. The predicted molar refractivity (Wildman–Crippen MR) is 86.4 cm³/mol. The highest BCUT2D eigenvalue weighted by Crippen LogP contribution is 2.20. The quantitative estimate of drug-likeness (QED) is 0.946. The number of aromatic nitrogens is 1. The van der Waals surface area contributed by atoms with Crippen LogP contribution >= 0.6 is 0 Å². The van der Waals surface area contributed by atoms with Gasteiger partial charge in [-0.25, -0.2) is 9.78 Å². The fourth-order valence-corrected chi connectivity index (χ4v) is 2.78. The molecule has 23 heavy (non-hydrogen) atoms. The van der Waals surface area contributed by atoms with Crippen molar-refractivity contribution in [3.63, 3.8) is 0 Å². The van der Waals surface area contributed by atoms with Crippen molar-refractivity contribution in [2.75, 3.05) is 13.1 Å². The summed E-state index contributed by atoms with van der Waals surface area (Å²) in [7, 11) is 0. The largest absolute Gasteiger partial charge is 0.477 e. The molecule has 118 valence electrons. The van der Waals surface area contributed by atoms with Gasteiger partial charge in [0.25, 0.3) is 5.91 Å². The van der Waals surface area contributed by atoms with E-state index in [4.69, 9.17) is 5.11 Å². The molecule has 0 unspecified atom stereocenters. The summed E-state index contributed by atoms with van der Waals surface area (Å²) >= 11 is 0. The van der Waals surface area contributed by atoms with Crippen molar-refractivity contribution >= 4 is 11.9 Å². The maximum absolute atomic E-state index is 12.4. The Bertz CT molecular complexity index is 719. The summed E-state index contributed by atoms with van der Waals surface area (Å²) < 4.78 is 0. The van der Waals surface area contributed by atoms with Gasteiger partial charge in [-0.2, -0.15) is 0 Å². The van der Waals surface area contributed by atoms with E-state index >= 15 is 0 Å². The van der Waals surface area contributed by atoms with Crippen molar-refractivity contribution in [3.05, 3.63) is 53.7 Å². The van der Waals surface area contributed by atoms with Crippen molar-refractivity contribution in [2.45, 2.75) is 19.3 Å². The van der Waals surface area contributed by atoms with Gasteiger partial charge in [0.2, 0.25) is 0 Å². The van der Waals surface area contributed by atoms with Gasteiger partial charge < -0.3 is 10.0 Å². The average Bonchev–Trinajstić information content (AvgIpc) is 2.62. The third-order valence-electron chi connectivity index (χ3n) is 4.04. The highest BCUT2D eigenvalue weighted by Gasteiger charge is 2.18. The van der Waals surface area contributed by atoms with Crippen molar-refractivity contribution < 1.29 is 14.7 Å². The molecule has 0 saturated carbocycles. The van der Waals surface area contributed by atoms with Crippen molar-refractivity contribution in [3.8, 4) is 11.3 Å². The molecule has 3 rings (SSSR count). The molecule has 0 bridgehead atoms. The summed E-state index contributed by atoms with van der Waals surface area (Å²) in [5, 5.41) is 9.00. The number of amides is 1. The summed E-state index contributed by atoms with van der Waals surface area (Å²) in [5.41, 5.74) is 2.05. The van der Waals surface area contributed by atoms with Crippen LogP contribution in [0.1, 0.15) is 40.1 Å². The Balaban J connectivity index is 1.80. The second-order valence-corrected chi connectivity index (χ2v) is 5.64. The molecule has 1 aliphatic rings. The van der Waals surface area contributed by atoms with Crippen LogP contribution < -0.4 is 0 Å². The molecule has 2 aromatic rings. The minimum atomic E-state index is -1.05. The van der Waals surface area contributed by atoms with Crippen LogP contribution in [0.3, 0.4) is 0 Å². The molecular formula is C18H18N2O3. The number of pyridine rings is 1. The van der Waals surface area contributed by atoms with Crippen LogP contribution in [0.4, 0.5) is 0 Å². The van der Waals surface area contributed by atoms with Crippen LogP contribution in [0.5, 0.6) is 0 Å². The lowest BCUT2D eigenvalue weighted by Gasteiger charge is -2.26. The fourth-order valence-electron chi connectivity index (χ4n) is 2.78. The summed E-state index contributed by atoms with van der Waals surface area (Å²) in [5.74, 6) is -0.993. The van der Waals surface area contributed by atoms with Gasteiger partial charge in [-0.3, -0.25) is 4.79 Å². The van der Waals surface area contributed by atoms with E-state index in [2.05, 4.69) is 4.98 Å². The van der Waals surface area contributed by atoms with Gasteiger partial charge in [0.15, 0.2) is 0 Å². The number of piperidine rings is 1. The number of carboxylic acids is 1. The number of carbonyl (C=O) groups excluding carboxylic acids is 1. The zero-order valence-corrected chi connectivity index (χ0v) is 12.7. The minimum Gasteiger partial charge on any atom is -0.477 e. The van der Waals surface area contributed by atoms with Gasteiger partial charge in [-0.15, -0.1) is 0 Å². The van der Waals surface area contributed by atoms with E-state index in [-0.39, 0.29) is 11.6 Å². The number of carboxylic acid groups (broad SMARTS) is 1. The molecule has 0 atom stereocenters. The molecule has 0 radical (unpaired) electrons. The Labute approximate surface area is 134 Å². The molecule has 1 aromatic carbocycles.